The number of carbonyl (C=O) groups excluding carboxylic acids is 1. The van der Waals surface area contributed by atoms with E-state index in [1.54, 1.807) is 0 Å². The second-order valence-electron chi connectivity index (χ2n) is 1.39. The van der Waals surface area contributed by atoms with Gasteiger partial charge in [0.15, 0.2) is 5.78 Å². The first-order valence-corrected chi connectivity index (χ1v) is 3.07. The minimum atomic E-state index is -3.18. The van der Waals surface area contributed by atoms with E-state index in [0.717, 1.165) is 6.92 Å². The SMILES string of the molecule is CC(=O)C(F)(F)CBr. The molecule has 0 bridgehead atoms. The second kappa shape index (κ2) is 2.53. The summed E-state index contributed by atoms with van der Waals surface area (Å²) < 4.78 is 23.8. The molecule has 0 aromatic rings. The maximum absolute atomic E-state index is 11.9. The van der Waals surface area contributed by atoms with Crippen molar-refractivity contribution < 1.29 is 13.6 Å². The van der Waals surface area contributed by atoms with Crippen molar-refractivity contribution in [1.29, 1.82) is 0 Å². The maximum Gasteiger partial charge on any atom is 0.314 e. The van der Waals surface area contributed by atoms with Crippen LogP contribution in [0, 0.1) is 0 Å². The molecule has 0 aliphatic rings. The molecule has 0 aromatic heterocycles. The van der Waals surface area contributed by atoms with Crippen molar-refractivity contribution in [2.45, 2.75) is 12.8 Å². The van der Waals surface area contributed by atoms with E-state index in [4.69, 9.17) is 0 Å². The van der Waals surface area contributed by atoms with Crippen molar-refractivity contribution in [2.75, 3.05) is 5.33 Å². The summed E-state index contributed by atoms with van der Waals surface area (Å²) in [6, 6.07) is 0. The number of Topliss-reactive ketones (excluding diaryl/α,β-unsaturated/α-hetero) is 1. The predicted octanol–water partition coefficient (Wildman–Crippen LogP) is 1.61. The normalized spacial score (nSPS) is 11.5. The molecule has 0 N–H and O–H groups in total. The summed E-state index contributed by atoms with van der Waals surface area (Å²) in [5.74, 6) is -4.28. The van der Waals surface area contributed by atoms with Gasteiger partial charge in [0.1, 0.15) is 0 Å². The third kappa shape index (κ3) is 1.86. The average molecular weight is 187 g/mol. The van der Waals surface area contributed by atoms with Crippen molar-refractivity contribution in [2.24, 2.45) is 0 Å². The topological polar surface area (TPSA) is 17.1 Å². The van der Waals surface area contributed by atoms with E-state index in [2.05, 4.69) is 15.9 Å². The van der Waals surface area contributed by atoms with Gasteiger partial charge in [-0.05, 0) is 0 Å². The van der Waals surface area contributed by atoms with Gasteiger partial charge in [0.05, 0.1) is 5.33 Å². The van der Waals surface area contributed by atoms with E-state index < -0.39 is 17.0 Å². The largest absolute Gasteiger partial charge is 0.314 e. The standard InChI is InChI=1S/C4H5BrF2O/c1-3(8)4(6,7)2-5/h2H2,1H3. The number of hydrogen-bond donors (Lipinski definition) is 0. The molecule has 0 saturated carbocycles. The molecule has 0 spiro atoms. The molecule has 0 aliphatic carbocycles. The van der Waals surface area contributed by atoms with Crippen LogP contribution < -0.4 is 0 Å². The van der Waals surface area contributed by atoms with Gasteiger partial charge in [0.2, 0.25) is 0 Å². The zero-order chi connectivity index (χ0) is 6.78. The van der Waals surface area contributed by atoms with Gasteiger partial charge in [0, 0.05) is 6.92 Å². The highest BCUT2D eigenvalue weighted by Crippen LogP contribution is 2.16. The number of hydrogen-bond acceptors (Lipinski definition) is 1. The van der Waals surface area contributed by atoms with Crippen molar-refractivity contribution in [3.63, 3.8) is 0 Å². The summed E-state index contributed by atoms with van der Waals surface area (Å²) >= 11 is 2.50. The van der Waals surface area contributed by atoms with Gasteiger partial charge < -0.3 is 0 Å². The number of carbonyl (C=O) groups is 1. The molecule has 0 atom stereocenters. The second-order valence-corrected chi connectivity index (χ2v) is 1.96. The molecule has 48 valence electrons. The summed E-state index contributed by atoms with van der Waals surface area (Å²) in [6.45, 7) is 0.862. The first-order valence-electron chi connectivity index (χ1n) is 1.95. The molecule has 0 heterocycles. The lowest BCUT2D eigenvalue weighted by Gasteiger charge is -2.05. The Balaban J connectivity index is 3.91. The molecule has 0 aliphatic heterocycles. The van der Waals surface area contributed by atoms with Crippen LogP contribution in [-0.2, 0) is 4.79 Å². The Morgan fingerprint density at radius 3 is 2.12 bits per heavy atom. The first-order chi connectivity index (χ1) is 3.50. The summed E-state index contributed by atoms with van der Waals surface area (Å²) in [7, 11) is 0. The minimum Gasteiger partial charge on any atom is -0.293 e. The smallest absolute Gasteiger partial charge is 0.293 e. The molecular weight excluding hydrogens is 182 g/mol. The van der Waals surface area contributed by atoms with Crippen molar-refractivity contribution in [3.8, 4) is 0 Å². The monoisotopic (exact) mass is 186 g/mol. The Hall–Kier alpha value is 0.01000. The van der Waals surface area contributed by atoms with E-state index in [0.29, 0.717) is 0 Å². The zero-order valence-corrected chi connectivity index (χ0v) is 5.84. The molecule has 4 heteroatoms. The van der Waals surface area contributed by atoms with E-state index in [-0.39, 0.29) is 0 Å². The summed E-state index contributed by atoms with van der Waals surface area (Å²) in [5, 5.41) is -0.588. The highest BCUT2D eigenvalue weighted by Gasteiger charge is 2.32. The van der Waals surface area contributed by atoms with E-state index in [1.165, 1.54) is 0 Å². The Morgan fingerprint density at radius 1 is 1.75 bits per heavy atom. The highest BCUT2D eigenvalue weighted by molar-refractivity contribution is 9.09. The molecule has 0 unspecified atom stereocenters. The fraction of sp³-hybridized carbons (Fsp3) is 0.750. The first kappa shape index (κ1) is 8.01. The van der Waals surface area contributed by atoms with Gasteiger partial charge in [-0.15, -0.1) is 0 Å². The van der Waals surface area contributed by atoms with Crippen LogP contribution in [0.15, 0.2) is 0 Å². The van der Waals surface area contributed by atoms with Crippen LogP contribution in [0.5, 0.6) is 0 Å². The Bertz CT molecular complexity index is 102. The van der Waals surface area contributed by atoms with E-state index in [1.807, 2.05) is 0 Å². The van der Waals surface area contributed by atoms with Crippen molar-refractivity contribution in [1.82, 2.24) is 0 Å². The molecule has 0 radical (unpaired) electrons. The van der Waals surface area contributed by atoms with Gasteiger partial charge >= 0.3 is 5.92 Å². The lowest BCUT2D eigenvalue weighted by molar-refractivity contribution is -0.137. The van der Waals surface area contributed by atoms with Crippen LogP contribution >= 0.6 is 15.9 Å². The van der Waals surface area contributed by atoms with Gasteiger partial charge in [-0.25, -0.2) is 0 Å². The van der Waals surface area contributed by atoms with Gasteiger partial charge in [-0.1, -0.05) is 15.9 Å². The average Bonchev–Trinajstić information content (AvgIpc) is 1.67. The van der Waals surface area contributed by atoms with Crippen LogP contribution in [0.25, 0.3) is 0 Å². The highest BCUT2D eigenvalue weighted by atomic mass is 79.9. The van der Waals surface area contributed by atoms with Crippen molar-refractivity contribution in [3.05, 3.63) is 0 Å². The van der Waals surface area contributed by atoms with Crippen LogP contribution in [0.1, 0.15) is 6.92 Å². The zero-order valence-electron chi connectivity index (χ0n) is 4.25. The molecule has 0 aromatic carbocycles. The van der Waals surface area contributed by atoms with Crippen LogP contribution in [0.4, 0.5) is 8.78 Å². The summed E-state index contributed by atoms with van der Waals surface area (Å²) in [4.78, 5) is 9.92. The van der Waals surface area contributed by atoms with Crippen LogP contribution in [-0.4, -0.2) is 17.0 Å². The quantitative estimate of drug-likeness (QED) is 0.600. The van der Waals surface area contributed by atoms with E-state index >= 15 is 0 Å². The number of ketones is 1. The third-order valence-corrected chi connectivity index (χ3v) is 1.39. The van der Waals surface area contributed by atoms with Crippen molar-refractivity contribution >= 4 is 21.7 Å². The van der Waals surface area contributed by atoms with Gasteiger partial charge in [0.25, 0.3) is 0 Å². The molecule has 0 fully saturated rings. The molecular formula is C4H5BrF2O. The lowest BCUT2D eigenvalue weighted by Crippen LogP contribution is -2.27. The summed E-state index contributed by atoms with van der Waals surface area (Å²) in [5.41, 5.74) is 0. The van der Waals surface area contributed by atoms with Gasteiger partial charge in [-0.2, -0.15) is 8.78 Å². The molecule has 0 amide bonds. The number of rotatable bonds is 2. The fourth-order valence-electron chi connectivity index (χ4n) is 0.0941. The number of halogens is 3. The molecule has 8 heavy (non-hydrogen) atoms. The minimum absolute atomic E-state index is 0.588. The maximum atomic E-state index is 11.9. The summed E-state index contributed by atoms with van der Waals surface area (Å²) in [6.07, 6.45) is 0. The predicted molar refractivity (Wildman–Crippen MR) is 29.4 cm³/mol. The van der Waals surface area contributed by atoms with E-state index in [9.17, 15) is 13.6 Å². The number of alkyl halides is 3. The molecule has 1 nitrogen and oxygen atoms in total. The Kier molecular flexibility index (Phi) is 2.53. The Morgan fingerprint density at radius 2 is 2.12 bits per heavy atom. The lowest BCUT2D eigenvalue weighted by atomic mass is 10.3. The van der Waals surface area contributed by atoms with Crippen LogP contribution in [0.3, 0.4) is 0 Å². The Labute approximate surface area is 54.2 Å². The molecule has 0 rings (SSSR count). The van der Waals surface area contributed by atoms with Crippen LogP contribution in [0.2, 0.25) is 0 Å². The molecule has 0 saturated heterocycles. The third-order valence-electron chi connectivity index (χ3n) is 0.683. The van der Waals surface area contributed by atoms with Gasteiger partial charge in [-0.3, -0.25) is 4.79 Å². The fourth-order valence-corrected chi connectivity index (χ4v) is 0.489.